The third kappa shape index (κ3) is 1.74. The number of benzene rings is 2. The SMILES string of the molecule is NCCOc1ccc2oc3ccccc3c2c1. The summed E-state index contributed by atoms with van der Waals surface area (Å²) >= 11 is 0. The number of ether oxygens (including phenoxy) is 1. The van der Waals surface area contributed by atoms with E-state index in [-0.39, 0.29) is 0 Å². The van der Waals surface area contributed by atoms with Crippen molar-refractivity contribution in [2.45, 2.75) is 0 Å². The van der Waals surface area contributed by atoms with Crippen molar-refractivity contribution in [1.29, 1.82) is 0 Å². The van der Waals surface area contributed by atoms with Gasteiger partial charge in [0.05, 0.1) is 0 Å². The minimum atomic E-state index is 0.518. The first-order chi connectivity index (χ1) is 8.38. The molecule has 3 aromatic rings. The van der Waals surface area contributed by atoms with Crippen LogP contribution in [0.5, 0.6) is 5.75 Å². The van der Waals surface area contributed by atoms with Crippen molar-refractivity contribution in [1.82, 2.24) is 0 Å². The molecule has 2 N–H and O–H groups in total. The highest BCUT2D eigenvalue weighted by Crippen LogP contribution is 2.31. The average molecular weight is 227 g/mol. The second-order valence-electron chi connectivity index (χ2n) is 3.89. The highest BCUT2D eigenvalue weighted by atomic mass is 16.5. The first-order valence-corrected chi connectivity index (χ1v) is 5.62. The molecular weight excluding hydrogens is 214 g/mol. The zero-order chi connectivity index (χ0) is 11.7. The van der Waals surface area contributed by atoms with Crippen LogP contribution in [0.2, 0.25) is 0 Å². The molecule has 0 spiro atoms. The number of furan rings is 1. The maximum atomic E-state index is 5.73. The van der Waals surface area contributed by atoms with Gasteiger partial charge in [-0.15, -0.1) is 0 Å². The first-order valence-electron chi connectivity index (χ1n) is 5.62. The molecule has 0 amide bonds. The zero-order valence-corrected chi connectivity index (χ0v) is 9.35. The van der Waals surface area contributed by atoms with Crippen LogP contribution in [0, 0.1) is 0 Å². The molecule has 0 saturated heterocycles. The van der Waals surface area contributed by atoms with E-state index in [4.69, 9.17) is 14.9 Å². The van der Waals surface area contributed by atoms with Crippen molar-refractivity contribution in [3.05, 3.63) is 42.5 Å². The fourth-order valence-electron chi connectivity index (χ4n) is 1.97. The van der Waals surface area contributed by atoms with Gasteiger partial charge in [-0.2, -0.15) is 0 Å². The lowest BCUT2D eigenvalue weighted by Gasteiger charge is -2.03. The summed E-state index contributed by atoms with van der Waals surface area (Å²) in [6.07, 6.45) is 0. The summed E-state index contributed by atoms with van der Waals surface area (Å²) in [7, 11) is 0. The smallest absolute Gasteiger partial charge is 0.135 e. The number of hydrogen-bond acceptors (Lipinski definition) is 3. The Hall–Kier alpha value is -2.00. The fraction of sp³-hybridized carbons (Fsp3) is 0.143. The van der Waals surface area contributed by atoms with Gasteiger partial charge in [-0.05, 0) is 24.3 Å². The molecule has 86 valence electrons. The van der Waals surface area contributed by atoms with E-state index < -0.39 is 0 Å². The second kappa shape index (κ2) is 4.11. The average Bonchev–Trinajstić information content (AvgIpc) is 2.74. The first kappa shape index (κ1) is 10.2. The third-order valence-corrected chi connectivity index (χ3v) is 2.73. The Bertz CT molecular complexity index is 657. The Labute approximate surface area is 98.8 Å². The molecule has 3 nitrogen and oxygen atoms in total. The lowest BCUT2D eigenvalue weighted by molar-refractivity contribution is 0.328. The maximum absolute atomic E-state index is 5.73. The van der Waals surface area contributed by atoms with E-state index >= 15 is 0 Å². The lowest BCUT2D eigenvalue weighted by Crippen LogP contribution is -2.10. The molecule has 2 aromatic carbocycles. The van der Waals surface area contributed by atoms with E-state index in [1.165, 1.54) is 0 Å². The molecule has 0 bridgehead atoms. The number of nitrogens with two attached hydrogens (primary N) is 1. The van der Waals surface area contributed by atoms with Crippen LogP contribution in [0.15, 0.2) is 46.9 Å². The summed E-state index contributed by atoms with van der Waals surface area (Å²) in [6, 6.07) is 13.8. The molecule has 17 heavy (non-hydrogen) atoms. The van der Waals surface area contributed by atoms with Gasteiger partial charge in [-0.1, -0.05) is 18.2 Å². The van der Waals surface area contributed by atoms with Gasteiger partial charge < -0.3 is 14.9 Å². The summed E-state index contributed by atoms with van der Waals surface area (Å²) in [5.41, 5.74) is 7.20. The van der Waals surface area contributed by atoms with E-state index in [0.717, 1.165) is 27.7 Å². The molecule has 0 aliphatic rings. The Morgan fingerprint density at radius 3 is 2.71 bits per heavy atom. The Morgan fingerprint density at radius 2 is 1.82 bits per heavy atom. The molecule has 1 aromatic heterocycles. The summed E-state index contributed by atoms with van der Waals surface area (Å²) < 4.78 is 11.2. The van der Waals surface area contributed by atoms with Crippen LogP contribution in [0.25, 0.3) is 21.9 Å². The number of hydrogen-bond donors (Lipinski definition) is 1. The summed E-state index contributed by atoms with van der Waals surface area (Å²) in [5.74, 6) is 0.828. The molecule has 3 rings (SSSR count). The molecule has 0 fully saturated rings. The van der Waals surface area contributed by atoms with Crippen molar-refractivity contribution in [2.75, 3.05) is 13.2 Å². The zero-order valence-electron chi connectivity index (χ0n) is 9.35. The minimum Gasteiger partial charge on any atom is -0.492 e. The van der Waals surface area contributed by atoms with Gasteiger partial charge in [0.2, 0.25) is 0 Å². The Kier molecular flexibility index (Phi) is 2.46. The Morgan fingerprint density at radius 1 is 1.00 bits per heavy atom. The van der Waals surface area contributed by atoms with Gasteiger partial charge in [-0.3, -0.25) is 0 Å². The molecule has 0 unspecified atom stereocenters. The molecule has 3 heteroatoms. The van der Waals surface area contributed by atoms with Gasteiger partial charge in [0, 0.05) is 17.3 Å². The van der Waals surface area contributed by atoms with Crippen LogP contribution >= 0.6 is 0 Å². The van der Waals surface area contributed by atoms with E-state index in [0.29, 0.717) is 13.2 Å². The van der Waals surface area contributed by atoms with Crippen LogP contribution < -0.4 is 10.5 Å². The van der Waals surface area contributed by atoms with Crippen LogP contribution in [-0.4, -0.2) is 13.2 Å². The third-order valence-electron chi connectivity index (χ3n) is 2.73. The van der Waals surface area contributed by atoms with Crippen molar-refractivity contribution in [3.8, 4) is 5.75 Å². The normalized spacial score (nSPS) is 11.1. The molecule has 0 aliphatic heterocycles. The van der Waals surface area contributed by atoms with Crippen LogP contribution in [0.1, 0.15) is 0 Å². The summed E-state index contributed by atoms with van der Waals surface area (Å²) in [6.45, 7) is 1.05. The van der Waals surface area contributed by atoms with E-state index in [9.17, 15) is 0 Å². The van der Waals surface area contributed by atoms with Crippen molar-refractivity contribution >= 4 is 21.9 Å². The quantitative estimate of drug-likeness (QED) is 0.748. The highest BCUT2D eigenvalue weighted by molar-refractivity contribution is 6.05. The minimum absolute atomic E-state index is 0.518. The molecule has 1 heterocycles. The number of rotatable bonds is 3. The molecule has 0 aliphatic carbocycles. The highest BCUT2D eigenvalue weighted by Gasteiger charge is 2.06. The van der Waals surface area contributed by atoms with Crippen LogP contribution in [-0.2, 0) is 0 Å². The van der Waals surface area contributed by atoms with Crippen LogP contribution in [0.3, 0.4) is 0 Å². The largest absolute Gasteiger partial charge is 0.492 e. The molecule has 0 saturated carbocycles. The predicted octanol–water partition coefficient (Wildman–Crippen LogP) is 2.92. The van der Waals surface area contributed by atoms with E-state index in [2.05, 4.69) is 0 Å². The van der Waals surface area contributed by atoms with E-state index in [1.807, 2.05) is 42.5 Å². The fourth-order valence-corrected chi connectivity index (χ4v) is 1.97. The van der Waals surface area contributed by atoms with Crippen molar-refractivity contribution in [3.63, 3.8) is 0 Å². The van der Waals surface area contributed by atoms with Crippen molar-refractivity contribution in [2.24, 2.45) is 5.73 Å². The summed E-state index contributed by atoms with van der Waals surface area (Å²) in [4.78, 5) is 0. The summed E-state index contributed by atoms with van der Waals surface area (Å²) in [5, 5.41) is 2.19. The monoisotopic (exact) mass is 227 g/mol. The van der Waals surface area contributed by atoms with Crippen LogP contribution in [0.4, 0.5) is 0 Å². The van der Waals surface area contributed by atoms with Gasteiger partial charge in [0.15, 0.2) is 0 Å². The van der Waals surface area contributed by atoms with Gasteiger partial charge in [0.1, 0.15) is 23.5 Å². The lowest BCUT2D eigenvalue weighted by atomic mass is 10.1. The van der Waals surface area contributed by atoms with Gasteiger partial charge >= 0.3 is 0 Å². The Balaban J connectivity index is 2.16. The molecule has 0 radical (unpaired) electrons. The molecule has 0 atom stereocenters. The molecular formula is C14H13NO2. The number of fused-ring (bicyclic) bond motifs is 3. The van der Waals surface area contributed by atoms with Gasteiger partial charge in [0.25, 0.3) is 0 Å². The van der Waals surface area contributed by atoms with Crippen molar-refractivity contribution < 1.29 is 9.15 Å². The standard InChI is InChI=1S/C14H13NO2/c15-7-8-16-10-5-6-14-12(9-10)11-3-1-2-4-13(11)17-14/h1-6,9H,7-8,15H2. The maximum Gasteiger partial charge on any atom is 0.135 e. The second-order valence-corrected chi connectivity index (χ2v) is 3.89. The predicted molar refractivity (Wildman–Crippen MR) is 68.3 cm³/mol. The number of para-hydroxylation sites is 1. The topological polar surface area (TPSA) is 48.4 Å². The van der Waals surface area contributed by atoms with E-state index in [1.54, 1.807) is 0 Å². The van der Waals surface area contributed by atoms with Gasteiger partial charge in [-0.25, -0.2) is 0 Å².